The van der Waals surface area contributed by atoms with Crippen molar-refractivity contribution in [1.29, 1.82) is 0 Å². The molecule has 38 heavy (non-hydrogen) atoms. The van der Waals surface area contributed by atoms with Crippen LogP contribution in [0.4, 0.5) is 4.39 Å². The maximum atomic E-state index is 14.7. The van der Waals surface area contributed by atoms with E-state index in [2.05, 4.69) is 0 Å². The first kappa shape index (κ1) is 27.2. The molecule has 0 radical (unpaired) electrons. The third-order valence-corrected chi connectivity index (χ3v) is 7.14. The molecular formula is C31H34FN3O3. The molecule has 0 fully saturated rings. The topological polar surface area (TPSA) is 83.7 Å². The highest BCUT2D eigenvalue weighted by Gasteiger charge is 2.41. The van der Waals surface area contributed by atoms with Gasteiger partial charge in [-0.05, 0) is 28.2 Å². The summed E-state index contributed by atoms with van der Waals surface area (Å²) in [5.41, 5.74) is 9.57. The van der Waals surface area contributed by atoms with Crippen molar-refractivity contribution < 1.29 is 18.8 Å². The molecule has 0 aliphatic carbocycles. The lowest BCUT2D eigenvalue weighted by molar-refractivity contribution is -0.150. The zero-order chi connectivity index (χ0) is 27.4. The molecule has 198 valence electrons. The second-order valence-corrected chi connectivity index (χ2v) is 10.9. The number of carbonyl (C=O) groups is 3. The number of aldehydes is 1. The smallest absolute Gasteiger partial charge is 0.246 e. The summed E-state index contributed by atoms with van der Waals surface area (Å²) in [6.45, 7) is 6.20. The van der Waals surface area contributed by atoms with Gasteiger partial charge in [-0.3, -0.25) is 14.4 Å². The van der Waals surface area contributed by atoms with Crippen LogP contribution in [0.5, 0.6) is 0 Å². The van der Waals surface area contributed by atoms with Crippen molar-refractivity contribution in [3.63, 3.8) is 0 Å². The summed E-state index contributed by atoms with van der Waals surface area (Å²) in [5.74, 6) is -0.971. The highest BCUT2D eigenvalue weighted by atomic mass is 19.1. The highest BCUT2D eigenvalue weighted by molar-refractivity contribution is 5.91. The predicted octanol–water partition coefficient (Wildman–Crippen LogP) is 4.49. The van der Waals surface area contributed by atoms with Crippen LogP contribution in [0.1, 0.15) is 53.4 Å². The van der Waals surface area contributed by atoms with Gasteiger partial charge in [0.25, 0.3) is 0 Å². The summed E-state index contributed by atoms with van der Waals surface area (Å²) in [5, 5.41) is 0. The molecule has 1 heterocycles. The van der Waals surface area contributed by atoms with Crippen LogP contribution in [0.25, 0.3) is 0 Å². The van der Waals surface area contributed by atoms with E-state index < -0.39 is 23.3 Å². The zero-order valence-corrected chi connectivity index (χ0v) is 22.1. The van der Waals surface area contributed by atoms with Crippen LogP contribution < -0.4 is 5.73 Å². The lowest BCUT2D eigenvalue weighted by Gasteiger charge is -2.41. The Kier molecular flexibility index (Phi) is 8.07. The minimum absolute atomic E-state index is 0.0342. The van der Waals surface area contributed by atoms with Gasteiger partial charge in [-0.1, -0.05) is 87.5 Å². The van der Waals surface area contributed by atoms with Gasteiger partial charge in [-0.25, -0.2) is 4.39 Å². The fraction of sp³-hybridized carbons (Fsp3) is 0.323. The van der Waals surface area contributed by atoms with E-state index in [9.17, 15) is 18.8 Å². The second-order valence-electron chi connectivity index (χ2n) is 10.9. The maximum Gasteiger partial charge on any atom is 0.246 e. The highest BCUT2D eigenvalue weighted by Crippen LogP contribution is 2.29. The maximum absolute atomic E-state index is 14.7. The summed E-state index contributed by atoms with van der Waals surface area (Å²) in [6, 6.07) is 19.5. The molecule has 1 aliphatic rings. The Labute approximate surface area is 223 Å². The van der Waals surface area contributed by atoms with Crippen molar-refractivity contribution in [2.45, 2.75) is 58.9 Å². The molecule has 0 saturated heterocycles. The standard InChI is InChI=1S/C31H34FN3O3/c1-31(2,3)28(33)30(38)35-19-24-9-5-4-8-23(24)16-27(35)29(37)34(18-25-10-6-7-11-26(25)32)17-21-12-14-22(20-36)15-13-21/h4-15,20,27-28H,16-19,33H2,1-3H3. The lowest BCUT2D eigenvalue weighted by atomic mass is 9.85. The minimum atomic E-state index is -0.793. The molecule has 0 saturated carbocycles. The van der Waals surface area contributed by atoms with Gasteiger partial charge in [0.15, 0.2) is 0 Å². The Bertz CT molecular complexity index is 1320. The molecule has 2 amide bonds. The van der Waals surface area contributed by atoms with Gasteiger partial charge in [0.05, 0.1) is 6.04 Å². The molecule has 0 aromatic heterocycles. The Morgan fingerprint density at radius 2 is 1.63 bits per heavy atom. The van der Waals surface area contributed by atoms with E-state index in [1.165, 1.54) is 6.07 Å². The van der Waals surface area contributed by atoms with E-state index in [1.807, 2.05) is 45.0 Å². The van der Waals surface area contributed by atoms with Gasteiger partial charge >= 0.3 is 0 Å². The number of rotatable bonds is 7. The SMILES string of the molecule is CC(C)(C)C(N)C(=O)N1Cc2ccccc2CC1C(=O)N(Cc1ccc(C=O)cc1)Cc1ccccc1F. The summed E-state index contributed by atoms with van der Waals surface area (Å²) in [6.07, 6.45) is 1.10. The van der Waals surface area contributed by atoms with Crippen LogP contribution >= 0.6 is 0 Å². The summed E-state index contributed by atoms with van der Waals surface area (Å²) < 4.78 is 14.7. The largest absolute Gasteiger partial charge is 0.332 e. The van der Waals surface area contributed by atoms with Crippen LogP contribution in [-0.2, 0) is 35.6 Å². The lowest BCUT2D eigenvalue weighted by Crippen LogP contribution is -2.59. The van der Waals surface area contributed by atoms with Crippen molar-refractivity contribution in [3.05, 3.63) is 106 Å². The molecule has 0 spiro atoms. The average molecular weight is 516 g/mol. The number of amides is 2. The van der Waals surface area contributed by atoms with Crippen molar-refractivity contribution in [2.75, 3.05) is 0 Å². The number of fused-ring (bicyclic) bond motifs is 1. The first-order valence-corrected chi connectivity index (χ1v) is 12.8. The van der Waals surface area contributed by atoms with Gasteiger partial charge in [0, 0.05) is 37.2 Å². The molecular weight excluding hydrogens is 481 g/mol. The molecule has 3 aromatic rings. The summed E-state index contributed by atoms with van der Waals surface area (Å²) >= 11 is 0. The Morgan fingerprint density at radius 3 is 2.26 bits per heavy atom. The number of halogens is 1. The van der Waals surface area contributed by atoms with Crippen LogP contribution in [0.3, 0.4) is 0 Å². The first-order valence-electron chi connectivity index (χ1n) is 12.8. The van der Waals surface area contributed by atoms with Crippen LogP contribution in [0.2, 0.25) is 0 Å². The van der Waals surface area contributed by atoms with Crippen LogP contribution in [-0.4, -0.2) is 40.0 Å². The Balaban J connectivity index is 1.71. The summed E-state index contributed by atoms with van der Waals surface area (Å²) in [7, 11) is 0. The first-order chi connectivity index (χ1) is 18.1. The van der Waals surface area contributed by atoms with Crippen molar-refractivity contribution in [2.24, 2.45) is 11.1 Å². The van der Waals surface area contributed by atoms with Crippen LogP contribution in [0, 0.1) is 11.2 Å². The number of hydrogen-bond donors (Lipinski definition) is 1. The molecule has 0 bridgehead atoms. The molecule has 2 N–H and O–H groups in total. The fourth-order valence-electron chi connectivity index (χ4n) is 4.70. The third-order valence-electron chi connectivity index (χ3n) is 7.14. The van der Waals surface area contributed by atoms with E-state index in [-0.39, 0.29) is 31.4 Å². The van der Waals surface area contributed by atoms with Crippen molar-refractivity contribution in [3.8, 4) is 0 Å². The monoisotopic (exact) mass is 515 g/mol. The van der Waals surface area contributed by atoms with E-state index in [0.717, 1.165) is 23.0 Å². The van der Waals surface area contributed by atoms with Gasteiger partial charge < -0.3 is 15.5 Å². The average Bonchev–Trinajstić information content (AvgIpc) is 2.91. The fourth-order valence-corrected chi connectivity index (χ4v) is 4.70. The molecule has 2 unspecified atom stereocenters. The van der Waals surface area contributed by atoms with Gasteiger partial charge in [-0.15, -0.1) is 0 Å². The molecule has 6 nitrogen and oxygen atoms in total. The number of benzene rings is 3. The minimum Gasteiger partial charge on any atom is -0.332 e. The quantitative estimate of drug-likeness (QED) is 0.470. The summed E-state index contributed by atoms with van der Waals surface area (Å²) in [4.78, 5) is 42.2. The van der Waals surface area contributed by atoms with E-state index in [0.29, 0.717) is 17.5 Å². The number of carbonyl (C=O) groups excluding carboxylic acids is 3. The van der Waals surface area contributed by atoms with E-state index in [1.54, 1.807) is 52.3 Å². The molecule has 3 aromatic carbocycles. The van der Waals surface area contributed by atoms with Crippen molar-refractivity contribution in [1.82, 2.24) is 9.80 Å². The Morgan fingerprint density at radius 1 is 1.00 bits per heavy atom. The number of nitrogens with zero attached hydrogens (tertiary/aromatic N) is 2. The van der Waals surface area contributed by atoms with Crippen LogP contribution in [0.15, 0.2) is 72.8 Å². The predicted molar refractivity (Wildman–Crippen MR) is 144 cm³/mol. The van der Waals surface area contributed by atoms with E-state index in [4.69, 9.17) is 5.73 Å². The second kappa shape index (κ2) is 11.3. The molecule has 2 atom stereocenters. The third kappa shape index (κ3) is 6.00. The molecule has 4 rings (SSSR count). The van der Waals surface area contributed by atoms with Crippen molar-refractivity contribution >= 4 is 18.1 Å². The zero-order valence-electron chi connectivity index (χ0n) is 22.1. The number of hydrogen-bond acceptors (Lipinski definition) is 4. The normalized spacial score (nSPS) is 15.9. The Hall–Kier alpha value is -3.84. The van der Waals surface area contributed by atoms with Gasteiger partial charge in [-0.2, -0.15) is 0 Å². The van der Waals surface area contributed by atoms with Gasteiger partial charge in [0.1, 0.15) is 18.1 Å². The molecule has 1 aliphatic heterocycles. The van der Waals surface area contributed by atoms with E-state index >= 15 is 0 Å². The number of nitrogens with two attached hydrogens (primary N) is 1. The molecule has 7 heteroatoms. The van der Waals surface area contributed by atoms with Gasteiger partial charge in [0.2, 0.25) is 11.8 Å².